The lowest BCUT2D eigenvalue weighted by Gasteiger charge is -2.50. The van der Waals surface area contributed by atoms with Gasteiger partial charge in [-0.2, -0.15) is 0 Å². The van der Waals surface area contributed by atoms with Crippen LogP contribution in [0.2, 0.25) is 0 Å². The first kappa shape index (κ1) is 18.0. The van der Waals surface area contributed by atoms with E-state index in [4.69, 9.17) is 0 Å². The number of benzene rings is 1. The Morgan fingerprint density at radius 3 is 2.56 bits per heavy atom. The van der Waals surface area contributed by atoms with Crippen molar-refractivity contribution in [2.75, 3.05) is 31.1 Å². The molecule has 1 amide bonds. The molecule has 4 rings (SSSR count). The number of hydrogen-bond donors (Lipinski definition) is 0. The smallest absolute Gasteiger partial charge is 0.230 e. The molecule has 3 heterocycles. The summed E-state index contributed by atoms with van der Waals surface area (Å²) in [6.45, 7) is 7.69. The van der Waals surface area contributed by atoms with E-state index >= 15 is 0 Å². The topological polar surface area (TPSA) is 49.3 Å². The van der Waals surface area contributed by atoms with E-state index in [1.54, 1.807) is 0 Å². The number of carbonyl (C=O) groups excluding carboxylic acids is 1. The third-order valence-electron chi connectivity index (χ3n) is 6.27. The summed E-state index contributed by atoms with van der Waals surface area (Å²) in [6, 6.07) is 12.3. The molecule has 5 nitrogen and oxygen atoms in total. The third-order valence-corrected chi connectivity index (χ3v) is 6.27. The zero-order valence-electron chi connectivity index (χ0n) is 16.3. The van der Waals surface area contributed by atoms with Gasteiger partial charge in [-0.3, -0.25) is 4.79 Å². The highest BCUT2D eigenvalue weighted by Gasteiger charge is 2.45. The fraction of sp³-hybridized carbons (Fsp3) is 0.500. The molecule has 1 aromatic heterocycles. The molecule has 1 spiro atoms. The van der Waals surface area contributed by atoms with Crippen molar-refractivity contribution in [2.24, 2.45) is 5.41 Å². The Balaban J connectivity index is 1.53. The fourth-order valence-corrected chi connectivity index (χ4v) is 4.69. The van der Waals surface area contributed by atoms with Crippen molar-refractivity contribution in [1.29, 1.82) is 0 Å². The first-order valence-electron chi connectivity index (χ1n) is 9.98. The maximum Gasteiger partial charge on any atom is 0.230 e. The Morgan fingerprint density at radius 1 is 1.15 bits per heavy atom. The second-order valence-electron chi connectivity index (χ2n) is 7.97. The molecule has 0 saturated carbocycles. The summed E-state index contributed by atoms with van der Waals surface area (Å²) in [5, 5.41) is 0. The highest BCUT2D eigenvalue weighted by Crippen LogP contribution is 2.45. The number of aryl methyl sites for hydroxylation is 1. The van der Waals surface area contributed by atoms with Crippen molar-refractivity contribution in [1.82, 2.24) is 14.9 Å². The minimum Gasteiger partial charge on any atom is -0.356 e. The minimum absolute atomic E-state index is 0.00672. The van der Waals surface area contributed by atoms with Gasteiger partial charge in [0.25, 0.3) is 0 Å². The number of amides is 1. The molecule has 5 heteroatoms. The standard InChI is InChI=1S/C22H28N4O/c1-3-25-16-22(15-19(21(25)27)18-7-5-4-6-8-18)10-13-26(14-11-22)20-9-12-23-17(2)24-20/h4-9,12,19H,3,10-11,13-16H2,1-2H3/t19-/m0/s1. The molecular weight excluding hydrogens is 336 g/mol. The fourth-order valence-electron chi connectivity index (χ4n) is 4.69. The maximum absolute atomic E-state index is 13.0. The molecule has 0 bridgehead atoms. The van der Waals surface area contributed by atoms with Gasteiger partial charge in [0.05, 0.1) is 5.92 Å². The van der Waals surface area contributed by atoms with Gasteiger partial charge < -0.3 is 9.80 Å². The van der Waals surface area contributed by atoms with Gasteiger partial charge in [-0.05, 0) is 50.2 Å². The van der Waals surface area contributed by atoms with E-state index in [9.17, 15) is 4.79 Å². The van der Waals surface area contributed by atoms with Gasteiger partial charge in [-0.1, -0.05) is 30.3 Å². The first-order chi connectivity index (χ1) is 13.1. The molecule has 0 radical (unpaired) electrons. The predicted molar refractivity (Wildman–Crippen MR) is 107 cm³/mol. The Morgan fingerprint density at radius 2 is 1.89 bits per heavy atom. The predicted octanol–water partition coefficient (Wildman–Crippen LogP) is 3.41. The Bertz CT molecular complexity index is 799. The molecule has 2 saturated heterocycles. The number of likely N-dealkylation sites (N-methyl/N-ethyl adjacent to an activating group) is 1. The van der Waals surface area contributed by atoms with Crippen molar-refractivity contribution in [3.63, 3.8) is 0 Å². The van der Waals surface area contributed by atoms with Crippen molar-refractivity contribution in [3.05, 3.63) is 54.0 Å². The van der Waals surface area contributed by atoms with E-state index < -0.39 is 0 Å². The molecule has 1 atom stereocenters. The van der Waals surface area contributed by atoms with E-state index in [1.807, 2.05) is 37.4 Å². The molecule has 2 aliphatic heterocycles. The lowest BCUT2D eigenvalue weighted by atomic mass is 9.67. The normalized spacial score (nSPS) is 22.3. The van der Waals surface area contributed by atoms with Crippen LogP contribution in [0.15, 0.2) is 42.6 Å². The second-order valence-corrected chi connectivity index (χ2v) is 7.97. The summed E-state index contributed by atoms with van der Waals surface area (Å²) < 4.78 is 0. The molecule has 1 aromatic carbocycles. The number of anilines is 1. The third kappa shape index (κ3) is 3.55. The number of hydrogen-bond acceptors (Lipinski definition) is 4. The van der Waals surface area contributed by atoms with Crippen molar-refractivity contribution in [2.45, 2.75) is 39.0 Å². The molecule has 142 valence electrons. The van der Waals surface area contributed by atoms with E-state index in [1.165, 1.54) is 0 Å². The average molecular weight is 364 g/mol. The van der Waals surface area contributed by atoms with E-state index in [0.717, 1.165) is 62.6 Å². The highest BCUT2D eigenvalue weighted by molar-refractivity contribution is 5.84. The van der Waals surface area contributed by atoms with Crippen molar-refractivity contribution in [3.8, 4) is 0 Å². The molecule has 27 heavy (non-hydrogen) atoms. The number of carbonyl (C=O) groups is 1. The summed E-state index contributed by atoms with van der Waals surface area (Å²) >= 11 is 0. The van der Waals surface area contributed by atoms with Gasteiger partial charge in [0.15, 0.2) is 0 Å². The van der Waals surface area contributed by atoms with Crippen LogP contribution in [0, 0.1) is 12.3 Å². The van der Waals surface area contributed by atoms with Gasteiger partial charge in [0, 0.05) is 32.4 Å². The summed E-state index contributed by atoms with van der Waals surface area (Å²) in [4.78, 5) is 26.2. The van der Waals surface area contributed by atoms with Gasteiger partial charge in [0.2, 0.25) is 5.91 Å². The summed E-state index contributed by atoms with van der Waals surface area (Å²) in [5.74, 6) is 2.13. The van der Waals surface area contributed by atoms with E-state index in [2.05, 4.69) is 38.8 Å². The van der Waals surface area contributed by atoms with Crippen LogP contribution in [0.5, 0.6) is 0 Å². The van der Waals surface area contributed by atoms with Crippen LogP contribution in [-0.2, 0) is 4.79 Å². The van der Waals surface area contributed by atoms with Crippen molar-refractivity contribution >= 4 is 11.7 Å². The summed E-state index contributed by atoms with van der Waals surface area (Å²) in [7, 11) is 0. The Labute approximate surface area is 161 Å². The monoisotopic (exact) mass is 364 g/mol. The molecule has 0 aliphatic carbocycles. The zero-order valence-corrected chi connectivity index (χ0v) is 16.3. The van der Waals surface area contributed by atoms with Gasteiger partial charge in [-0.15, -0.1) is 0 Å². The molecule has 0 N–H and O–H groups in total. The second kappa shape index (κ2) is 7.29. The minimum atomic E-state index is -0.00672. The number of aromatic nitrogens is 2. The van der Waals surface area contributed by atoms with Crippen LogP contribution in [0.25, 0.3) is 0 Å². The SMILES string of the molecule is CCN1CC2(CCN(c3ccnc(C)n3)CC2)C[C@@H](c2ccccc2)C1=O. The first-order valence-corrected chi connectivity index (χ1v) is 9.98. The Hall–Kier alpha value is -2.43. The van der Waals surface area contributed by atoms with E-state index in [-0.39, 0.29) is 11.3 Å². The van der Waals surface area contributed by atoms with Crippen LogP contribution >= 0.6 is 0 Å². The maximum atomic E-state index is 13.0. The molecule has 2 fully saturated rings. The average Bonchev–Trinajstić information content (AvgIpc) is 2.71. The summed E-state index contributed by atoms with van der Waals surface area (Å²) in [5.41, 5.74) is 1.37. The largest absolute Gasteiger partial charge is 0.356 e. The van der Waals surface area contributed by atoms with Crippen LogP contribution < -0.4 is 4.90 Å². The van der Waals surface area contributed by atoms with Gasteiger partial charge in [0.1, 0.15) is 11.6 Å². The molecule has 2 aromatic rings. The van der Waals surface area contributed by atoms with Gasteiger partial charge in [-0.25, -0.2) is 9.97 Å². The number of nitrogens with zero attached hydrogens (tertiary/aromatic N) is 4. The van der Waals surface area contributed by atoms with Crippen LogP contribution in [0.1, 0.15) is 43.5 Å². The molecular formula is C22H28N4O. The van der Waals surface area contributed by atoms with E-state index in [0.29, 0.717) is 5.91 Å². The van der Waals surface area contributed by atoms with Crippen LogP contribution in [-0.4, -0.2) is 47.0 Å². The highest BCUT2D eigenvalue weighted by atomic mass is 16.2. The number of likely N-dealkylation sites (tertiary alicyclic amines) is 1. The number of rotatable bonds is 3. The zero-order chi connectivity index (χ0) is 18.9. The van der Waals surface area contributed by atoms with Crippen molar-refractivity contribution < 1.29 is 4.79 Å². The molecule has 0 unspecified atom stereocenters. The number of piperidine rings is 2. The van der Waals surface area contributed by atoms with Crippen LogP contribution in [0.4, 0.5) is 5.82 Å². The quantitative estimate of drug-likeness (QED) is 0.837. The lowest BCUT2D eigenvalue weighted by molar-refractivity contribution is -0.140. The Kier molecular flexibility index (Phi) is 4.85. The lowest BCUT2D eigenvalue weighted by Crippen LogP contribution is -2.54. The van der Waals surface area contributed by atoms with Crippen LogP contribution in [0.3, 0.4) is 0 Å². The van der Waals surface area contributed by atoms with Gasteiger partial charge >= 0.3 is 0 Å². The summed E-state index contributed by atoms with van der Waals surface area (Å²) in [6.07, 6.45) is 5.00. The molecule has 2 aliphatic rings.